The Morgan fingerprint density at radius 2 is 1.78 bits per heavy atom. The number of aromatic nitrogens is 1. The van der Waals surface area contributed by atoms with Gasteiger partial charge in [0.05, 0.1) is 0 Å². The molecule has 0 aliphatic carbocycles. The highest BCUT2D eigenvalue weighted by Gasteiger charge is 2.36. The van der Waals surface area contributed by atoms with Gasteiger partial charge in [-0.1, -0.05) is 30.3 Å². The molecule has 2 aromatic carbocycles. The third-order valence-corrected chi connectivity index (χ3v) is 7.63. The summed E-state index contributed by atoms with van der Waals surface area (Å²) in [5, 5.41) is 6.87. The molecule has 6 rings (SSSR count). The average Bonchev–Trinajstić information content (AvgIpc) is 2.92. The molecule has 1 amide bonds. The fourth-order valence-corrected chi connectivity index (χ4v) is 5.32. The van der Waals surface area contributed by atoms with Crippen molar-refractivity contribution in [2.24, 2.45) is 0 Å². The Morgan fingerprint density at radius 1 is 1.00 bits per heavy atom. The quantitative estimate of drug-likeness (QED) is 0.538. The molecule has 2 saturated heterocycles. The number of anilines is 3. The van der Waals surface area contributed by atoms with E-state index in [0.717, 1.165) is 75.8 Å². The monoisotopic (exact) mass is 498 g/mol. The fraction of sp³-hybridized carbons (Fsp3) is 0.379. The summed E-state index contributed by atoms with van der Waals surface area (Å²) in [5.74, 6) is 0.891. The van der Waals surface area contributed by atoms with Gasteiger partial charge < -0.3 is 25.2 Å². The highest BCUT2D eigenvalue weighted by molar-refractivity contribution is 5.69. The summed E-state index contributed by atoms with van der Waals surface area (Å²) < 4.78 is 5.46. The molecule has 0 saturated carbocycles. The Hall–Kier alpha value is -3.62. The molecule has 0 radical (unpaired) electrons. The Balaban J connectivity index is 0.945. The molecule has 0 bridgehead atoms. The zero-order chi connectivity index (χ0) is 25.0. The smallest absolute Gasteiger partial charge is 0.410 e. The lowest BCUT2D eigenvalue weighted by atomic mass is 10.0. The number of hydrogen-bond donors (Lipinski definition) is 2. The van der Waals surface area contributed by atoms with Crippen molar-refractivity contribution in [2.45, 2.75) is 25.6 Å². The van der Waals surface area contributed by atoms with Crippen LogP contribution < -0.4 is 15.5 Å². The number of carbonyl (C=O) groups excluding carboxylic acids is 1. The Kier molecular flexibility index (Phi) is 6.92. The number of amides is 1. The minimum absolute atomic E-state index is 0.213. The van der Waals surface area contributed by atoms with Crippen molar-refractivity contribution in [1.82, 2.24) is 20.1 Å². The summed E-state index contributed by atoms with van der Waals surface area (Å²) in [6, 6.07) is 21.0. The van der Waals surface area contributed by atoms with Crippen LogP contribution in [0.3, 0.4) is 0 Å². The van der Waals surface area contributed by atoms with E-state index in [0.29, 0.717) is 12.6 Å². The number of carbonyl (C=O) groups is 1. The molecule has 4 heterocycles. The summed E-state index contributed by atoms with van der Waals surface area (Å²) in [5.41, 5.74) is 5.98. The SMILES string of the molecule is O=C(OCc1ccccc1)N1CC(N2CCN(c3ccc(Nc4cc5c(cn4)CCNC5)cc3)CC2)C1. The lowest BCUT2D eigenvalue weighted by Crippen LogP contribution is -2.64. The van der Waals surface area contributed by atoms with Gasteiger partial charge in [-0.3, -0.25) is 4.90 Å². The second-order valence-electron chi connectivity index (χ2n) is 10.1. The molecule has 0 spiro atoms. The van der Waals surface area contributed by atoms with Crippen LogP contribution in [-0.4, -0.2) is 72.7 Å². The van der Waals surface area contributed by atoms with Gasteiger partial charge >= 0.3 is 6.09 Å². The largest absolute Gasteiger partial charge is 0.445 e. The van der Waals surface area contributed by atoms with Gasteiger partial charge in [-0.15, -0.1) is 0 Å². The van der Waals surface area contributed by atoms with Gasteiger partial charge in [-0.05, 0) is 60.0 Å². The maximum absolute atomic E-state index is 12.3. The van der Waals surface area contributed by atoms with Gasteiger partial charge in [0, 0.05) is 69.4 Å². The average molecular weight is 499 g/mol. The second-order valence-corrected chi connectivity index (χ2v) is 10.1. The number of rotatable bonds is 6. The zero-order valence-electron chi connectivity index (χ0n) is 21.1. The van der Waals surface area contributed by atoms with Gasteiger partial charge in [-0.25, -0.2) is 9.78 Å². The van der Waals surface area contributed by atoms with Crippen molar-refractivity contribution in [1.29, 1.82) is 0 Å². The van der Waals surface area contributed by atoms with Gasteiger partial charge in [0.2, 0.25) is 0 Å². The van der Waals surface area contributed by atoms with Crippen LogP contribution in [0, 0.1) is 0 Å². The second kappa shape index (κ2) is 10.8. The molecule has 1 aromatic heterocycles. The Bertz CT molecular complexity index is 1200. The van der Waals surface area contributed by atoms with E-state index in [9.17, 15) is 4.79 Å². The van der Waals surface area contributed by atoms with E-state index in [4.69, 9.17) is 4.74 Å². The number of ether oxygens (including phenoxy) is 1. The van der Waals surface area contributed by atoms with Crippen LogP contribution >= 0.6 is 0 Å². The highest BCUT2D eigenvalue weighted by atomic mass is 16.6. The van der Waals surface area contributed by atoms with Crippen molar-refractivity contribution in [2.75, 3.05) is 56.0 Å². The van der Waals surface area contributed by atoms with Crippen molar-refractivity contribution >= 4 is 23.3 Å². The Morgan fingerprint density at radius 3 is 2.57 bits per heavy atom. The lowest BCUT2D eigenvalue weighted by molar-refractivity contribution is 0.0168. The lowest BCUT2D eigenvalue weighted by Gasteiger charge is -2.47. The van der Waals surface area contributed by atoms with Gasteiger partial charge in [0.25, 0.3) is 0 Å². The minimum atomic E-state index is -0.213. The first-order valence-corrected chi connectivity index (χ1v) is 13.2. The van der Waals surface area contributed by atoms with Gasteiger partial charge in [0.1, 0.15) is 12.4 Å². The number of nitrogens with zero attached hydrogens (tertiary/aromatic N) is 4. The van der Waals surface area contributed by atoms with E-state index in [2.05, 4.69) is 55.7 Å². The summed E-state index contributed by atoms with van der Waals surface area (Å²) in [7, 11) is 0. The number of likely N-dealkylation sites (tertiary alicyclic amines) is 1. The number of pyridine rings is 1. The summed E-state index contributed by atoms with van der Waals surface area (Å²) >= 11 is 0. The third-order valence-electron chi connectivity index (χ3n) is 7.63. The van der Waals surface area contributed by atoms with Crippen molar-refractivity contribution in [3.05, 3.63) is 83.6 Å². The maximum atomic E-state index is 12.3. The number of hydrogen-bond acceptors (Lipinski definition) is 7. The van der Waals surface area contributed by atoms with E-state index >= 15 is 0 Å². The molecule has 2 N–H and O–H groups in total. The predicted molar refractivity (Wildman–Crippen MR) is 145 cm³/mol. The van der Waals surface area contributed by atoms with Crippen molar-refractivity contribution in [3.63, 3.8) is 0 Å². The minimum Gasteiger partial charge on any atom is -0.445 e. The molecule has 8 heteroatoms. The molecule has 3 aliphatic heterocycles. The molecule has 3 aromatic rings. The normalized spacial score (nSPS) is 18.2. The zero-order valence-corrected chi connectivity index (χ0v) is 21.1. The molecule has 0 unspecified atom stereocenters. The van der Waals surface area contributed by atoms with Crippen LogP contribution in [0.1, 0.15) is 16.7 Å². The van der Waals surface area contributed by atoms with Crippen LogP contribution in [0.25, 0.3) is 0 Å². The van der Waals surface area contributed by atoms with Crippen LogP contribution in [0.15, 0.2) is 66.9 Å². The standard InChI is InChI=1S/C29H34N6O2/c36-29(37-21-22-4-2-1-3-5-22)35-19-27(20-35)34-14-12-33(13-15-34)26-8-6-25(7-9-26)32-28-16-24-17-30-11-10-23(24)18-31-28/h1-9,16,18,27,30H,10-15,17,19-21H2,(H,31,32). The van der Waals surface area contributed by atoms with Crippen LogP contribution in [-0.2, 0) is 24.3 Å². The maximum Gasteiger partial charge on any atom is 0.410 e. The fourth-order valence-electron chi connectivity index (χ4n) is 5.32. The number of benzene rings is 2. The molecule has 2 fully saturated rings. The van der Waals surface area contributed by atoms with E-state index < -0.39 is 0 Å². The van der Waals surface area contributed by atoms with E-state index in [1.54, 1.807) is 4.90 Å². The van der Waals surface area contributed by atoms with Crippen LogP contribution in [0.2, 0.25) is 0 Å². The summed E-state index contributed by atoms with van der Waals surface area (Å²) in [4.78, 5) is 23.7. The van der Waals surface area contributed by atoms with Crippen molar-refractivity contribution in [3.8, 4) is 0 Å². The molecule has 0 atom stereocenters. The molecular formula is C29H34N6O2. The topological polar surface area (TPSA) is 73.0 Å². The molecule has 3 aliphatic rings. The summed E-state index contributed by atoms with van der Waals surface area (Å²) in [6.45, 7) is 7.75. The van der Waals surface area contributed by atoms with Gasteiger partial charge in [0.15, 0.2) is 0 Å². The summed E-state index contributed by atoms with van der Waals surface area (Å²) in [6.07, 6.45) is 2.83. The van der Waals surface area contributed by atoms with E-state index in [1.807, 2.05) is 36.5 Å². The van der Waals surface area contributed by atoms with E-state index in [-0.39, 0.29) is 6.09 Å². The highest BCUT2D eigenvalue weighted by Crippen LogP contribution is 2.25. The first kappa shape index (κ1) is 23.8. The molecular weight excluding hydrogens is 464 g/mol. The number of piperazine rings is 1. The van der Waals surface area contributed by atoms with E-state index in [1.165, 1.54) is 16.8 Å². The number of fused-ring (bicyclic) bond motifs is 1. The van der Waals surface area contributed by atoms with Crippen molar-refractivity contribution < 1.29 is 9.53 Å². The molecule has 192 valence electrons. The van der Waals surface area contributed by atoms with Gasteiger partial charge in [-0.2, -0.15) is 0 Å². The van der Waals surface area contributed by atoms with Crippen LogP contribution in [0.4, 0.5) is 22.0 Å². The first-order valence-electron chi connectivity index (χ1n) is 13.2. The number of nitrogens with one attached hydrogen (secondary N) is 2. The molecule has 8 nitrogen and oxygen atoms in total. The third kappa shape index (κ3) is 5.55. The van der Waals surface area contributed by atoms with Crippen LogP contribution in [0.5, 0.6) is 0 Å². The Labute approximate surface area is 218 Å². The first-order chi connectivity index (χ1) is 18.2. The molecule has 37 heavy (non-hydrogen) atoms. The predicted octanol–water partition coefficient (Wildman–Crippen LogP) is 3.61.